The van der Waals surface area contributed by atoms with Crippen molar-refractivity contribution in [1.29, 1.82) is 0 Å². The van der Waals surface area contributed by atoms with Gasteiger partial charge >= 0.3 is 0 Å². The number of nitrogens with zero attached hydrogens (tertiary/aromatic N) is 2. The minimum Gasteiger partial charge on any atom is -0.266 e. The summed E-state index contributed by atoms with van der Waals surface area (Å²) in [6.45, 7) is 15.5. The first-order valence-corrected chi connectivity index (χ1v) is 3.83. The predicted molar refractivity (Wildman–Crippen MR) is 55.0 cm³/mol. The molecule has 0 amide bonds. The van der Waals surface area contributed by atoms with Crippen molar-refractivity contribution >= 4 is 5.71 Å². The van der Waals surface area contributed by atoms with Crippen LogP contribution in [0.3, 0.4) is 0 Å². The molecule has 12 heavy (non-hydrogen) atoms. The summed E-state index contributed by atoms with van der Waals surface area (Å²) in [4.78, 5) is 0. The Labute approximate surface area is 74.6 Å². The summed E-state index contributed by atoms with van der Waals surface area (Å²) in [6, 6.07) is 0. The Bertz CT molecular complexity index is 214. The number of hydrazone groups is 1. The van der Waals surface area contributed by atoms with Crippen molar-refractivity contribution in [3.63, 3.8) is 0 Å². The van der Waals surface area contributed by atoms with Crippen LogP contribution in [0.4, 0.5) is 0 Å². The quantitative estimate of drug-likeness (QED) is 0.346. The van der Waals surface area contributed by atoms with E-state index in [4.69, 9.17) is 0 Å². The van der Waals surface area contributed by atoms with Gasteiger partial charge in [0.05, 0.1) is 12.3 Å². The average Bonchev–Trinajstić information content (AvgIpc) is 2.03. The molecule has 0 spiro atoms. The van der Waals surface area contributed by atoms with E-state index in [0.717, 1.165) is 11.4 Å². The van der Waals surface area contributed by atoms with Crippen LogP contribution in [0.5, 0.6) is 0 Å². The van der Waals surface area contributed by atoms with Crippen LogP contribution in [0.2, 0.25) is 0 Å². The van der Waals surface area contributed by atoms with E-state index >= 15 is 0 Å². The largest absolute Gasteiger partial charge is 0.266 e. The standard InChI is InChI=1S/C10H16N2/c1-6-8-12(9(3)4)11-10(5)7-2/h6-7H,1-3,8H2,4-5H3/b11-10-. The molecule has 0 aliphatic rings. The van der Waals surface area contributed by atoms with Crippen LogP contribution < -0.4 is 0 Å². The Balaban J connectivity index is 4.40. The zero-order valence-electron chi connectivity index (χ0n) is 7.88. The summed E-state index contributed by atoms with van der Waals surface area (Å²) in [5.41, 5.74) is 1.77. The van der Waals surface area contributed by atoms with E-state index in [1.165, 1.54) is 0 Å². The van der Waals surface area contributed by atoms with Gasteiger partial charge in [-0.1, -0.05) is 19.2 Å². The zero-order valence-corrected chi connectivity index (χ0v) is 7.88. The highest BCUT2D eigenvalue weighted by molar-refractivity contribution is 5.92. The van der Waals surface area contributed by atoms with Crippen molar-refractivity contribution < 1.29 is 0 Å². The molecule has 0 atom stereocenters. The Morgan fingerprint density at radius 2 is 2.00 bits per heavy atom. The first kappa shape index (κ1) is 10.7. The maximum Gasteiger partial charge on any atom is 0.0590 e. The number of hydrogen-bond donors (Lipinski definition) is 0. The van der Waals surface area contributed by atoms with E-state index in [9.17, 15) is 0 Å². The normalized spacial score (nSPS) is 10.7. The Morgan fingerprint density at radius 3 is 2.33 bits per heavy atom. The van der Waals surface area contributed by atoms with Gasteiger partial charge in [-0.15, -0.1) is 6.58 Å². The van der Waals surface area contributed by atoms with Crippen LogP contribution in [-0.2, 0) is 0 Å². The zero-order chi connectivity index (χ0) is 9.56. The maximum atomic E-state index is 4.25. The molecule has 0 saturated heterocycles. The summed E-state index contributed by atoms with van der Waals surface area (Å²) in [5.74, 6) is 0. The lowest BCUT2D eigenvalue weighted by atomic mass is 10.4. The van der Waals surface area contributed by atoms with E-state index in [2.05, 4.69) is 24.8 Å². The molecule has 0 N–H and O–H groups in total. The molecule has 0 rings (SSSR count). The number of hydrogen-bond acceptors (Lipinski definition) is 2. The minimum absolute atomic E-state index is 0.681. The Kier molecular flexibility index (Phi) is 4.77. The van der Waals surface area contributed by atoms with Crippen molar-refractivity contribution in [3.05, 3.63) is 37.6 Å². The summed E-state index contributed by atoms with van der Waals surface area (Å²) >= 11 is 0. The predicted octanol–water partition coefficient (Wildman–Crippen LogP) is 2.57. The average molecular weight is 164 g/mol. The SMILES string of the molecule is C=CCN(/N=C(/C)C=C)C(=C)C. The fourth-order valence-corrected chi connectivity index (χ4v) is 0.636. The summed E-state index contributed by atoms with van der Waals surface area (Å²) in [7, 11) is 0. The van der Waals surface area contributed by atoms with Crippen LogP contribution in [0.25, 0.3) is 0 Å². The van der Waals surface area contributed by atoms with Crippen LogP contribution in [0.15, 0.2) is 42.7 Å². The van der Waals surface area contributed by atoms with Crippen molar-refractivity contribution in [1.82, 2.24) is 5.01 Å². The van der Waals surface area contributed by atoms with Gasteiger partial charge in [0.1, 0.15) is 0 Å². The van der Waals surface area contributed by atoms with Gasteiger partial charge in [0, 0.05) is 5.70 Å². The highest BCUT2D eigenvalue weighted by atomic mass is 15.5. The molecule has 0 aromatic carbocycles. The molecule has 0 aliphatic heterocycles. The van der Waals surface area contributed by atoms with Gasteiger partial charge in [0.25, 0.3) is 0 Å². The second-order valence-corrected chi connectivity index (χ2v) is 2.55. The molecule has 0 radical (unpaired) electrons. The van der Waals surface area contributed by atoms with Crippen LogP contribution in [0, 0.1) is 0 Å². The van der Waals surface area contributed by atoms with Crippen LogP contribution in [-0.4, -0.2) is 17.3 Å². The first-order valence-electron chi connectivity index (χ1n) is 3.83. The molecule has 0 aliphatic carbocycles. The number of allylic oxidation sites excluding steroid dienone is 2. The van der Waals surface area contributed by atoms with Gasteiger partial charge in [-0.3, -0.25) is 5.01 Å². The molecule has 66 valence electrons. The van der Waals surface area contributed by atoms with Gasteiger partial charge < -0.3 is 0 Å². The van der Waals surface area contributed by atoms with Crippen LogP contribution >= 0.6 is 0 Å². The lowest BCUT2D eigenvalue weighted by Crippen LogP contribution is -2.15. The third-order valence-corrected chi connectivity index (χ3v) is 1.32. The molecule has 0 aromatic rings. The van der Waals surface area contributed by atoms with E-state index in [1.54, 1.807) is 17.2 Å². The fourth-order valence-electron chi connectivity index (χ4n) is 0.636. The molecule has 0 fully saturated rings. The molecule has 0 saturated carbocycles. The molecule has 0 bridgehead atoms. The van der Waals surface area contributed by atoms with Gasteiger partial charge in [-0.05, 0) is 19.9 Å². The topological polar surface area (TPSA) is 15.6 Å². The smallest absolute Gasteiger partial charge is 0.0590 e. The summed E-state index contributed by atoms with van der Waals surface area (Å²) in [5, 5.41) is 6.03. The monoisotopic (exact) mass is 164 g/mol. The molecule has 2 heteroatoms. The second-order valence-electron chi connectivity index (χ2n) is 2.55. The third-order valence-electron chi connectivity index (χ3n) is 1.32. The number of rotatable bonds is 5. The molecule has 0 aromatic heterocycles. The maximum absolute atomic E-state index is 4.25. The van der Waals surface area contributed by atoms with Crippen LogP contribution in [0.1, 0.15) is 13.8 Å². The van der Waals surface area contributed by atoms with Gasteiger partial charge in [-0.2, -0.15) is 5.10 Å². The molecule has 2 nitrogen and oxygen atoms in total. The van der Waals surface area contributed by atoms with Crippen molar-refractivity contribution in [2.45, 2.75) is 13.8 Å². The van der Waals surface area contributed by atoms with E-state index in [0.29, 0.717) is 6.54 Å². The fraction of sp³-hybridized carbons (Fsp3) is 0.300. The summed E-state index contributed by atoms with van der Waals surface area (Å²) in [6.07, 6.45) is 3.49. The highest BCUT2D eigenvalue weighted by Crippen LogP contribution is 2.01. The Morgan fingerprint density at radius 1 is 1.42 bits per heavy atom. The Hall–Kier alpha value is -1.31. The molecular weight excluding hydrogens is 148 g/mol. The van der Waals surface area contributed by atoms with Gasteiger partial charge in [0.2, 0.25) is 0 Å². The lowest BCUT2D eigenvalue weighted by molar-refractivity contribution is 0.407. The molecule has 0 heterocycles. The molecular formula is C10H16N2. The van der Waals surface area contributed by atoms with E-state index < -0.39 is 0 Å². The van der Waals surface area contributed by atoms with Gasteiger partial charge in [-0.25, -0.2) is 0 Å². The summed E-state index contributed by atoms with van der Waals surface area (Å²) < 4.78 is 0. The molecule has 0 unspecified atom stereocenters. The minimum atomic E-state index is 0.681. The highest BCUT2D eigenvalue weighted by Gasteiger charge is 1.97. The third kappa shape index (κ3) is 3.76. The van der Waals surface area contributed by atoms with E-state index in [-0.39, 0.29) is 0 Å². The van der Waals surface area contributed by atoms with Crippen molar-refractivity contribution in [3.8, 4) is 0 Å². The first-order chi connectivity index (χ1) is 5.61. The second kappa shape index (κ2) is 5.35. The van der Waals surface area contributed by atoms with Gasteiger partial charge in [0.15, 0.2) is 0 Å². The van der Waals surface area contributed by atoms with Crippen molar-refractivity contribution in [2.24, 2.45) is 5.10 Å². The lowest BCUT2D eigenvalue weighted by Gasteiger charge is -2.16. The van der Waals surface area contributed by atoms with E-state index in [1.807, 2.05) is 13.8 Å². The van der Waals surface area contributed by atoms with Crippen molar-refractivity contribution in [2.75, 3.05) is 6.54 Å².